The standard InChI is InChI=1S/C34H35N3O2/c1-2-3-20-37(34(39)29-18-17-27-13-7-8-14-28(27)22-29)25-33(38)36(24-26-11-5-4-6-12-26)21-19-30-23-35-32-16-10-9-15-31(30)32/h4-18,22-23,35H,2-3,19-21,24-25H2,1H3. The number of aromatic amines is 1. The molecule has 0 aliphatic heterocycles. The van der Waals surface area contributed by atoms with Crippen molar-refractivity contribution < 1.29 is 9.59 Å². The first-order valence-electron chi connectivity index (χ1n) is 13.8. The summed E-state index contributed by atoms with van der Waals surface area (Å²) in [6.07, 6.45) is 4.56. The SMILES string of the molecule is CCCCN(CC(=O)N(CCc1c[nH]c2ccccc12)Cc1ccccc1)C(=O)c1ccc2ccccc2c1. The molecule has 0 saturated carbocycles. The van der Waals surface area contributed by atoms with E-state index < -0.39 is 0 Å². The molecule has 39 heavy (non-hydrogen) atoms. The van der Waals surface area contributed by atoms with Gasteiger partial charge in [-0.15, -0.1) is 0 Å². The van der Waals surface area contributed by atoms with Crippen LogP contribution in [0.3, 0.4) is 0 Å². The van der Waals surface area contributed by atoms with Gasteiger partial charge < -0.3 is 14.8 Å². The van der Waals surface area contributed by atoms with Gasteiger partial charge in [-0.2, -0.15) is 0 Å². The van der Waals surface area contributed by atoms with Gasteiger partial charge in [-0.05, 0) is 52.9 Å². The lowest BCUT2D eigenvalue weighted by Gasteiger charge is -2.28. The second-order valence-electron chi connectivity index (χ2n) is 10.1. The van der Waals surface area contributed by atoms with Crippen LogP contribution in [0.2, 0.25) is 0 Å². The lowest BCUT2D eigenvalue weighted by atomic mass is 10.1. The summed E-state index contributed by atoms with van der Waals surface area (Å²) in [5.41, 5.74) is 3.98. The molecule has 5 nitrogen and oxygen atoms in total. The molecule has 0 radical (unpaired) electrons. The van der Waals surface area contributed by atoms with E-state index >= 15 is 0 Å². The zero-order valence-corrected chi connectivity index (χ0v) is 22.5. The van der Waals surface area contributed by atoms with E-state index in [1.807, 2.05) is 96.0 Å². The van der Waals surface area contributed by atoms with Gasteiger partial charge in [0.2, 0.25) is 5.91 Å². The molecule has 4 aromatic carbocycles. The number of aromatic nitrogens is 1. The Balaban J connectivity index is 1.36. The second kappa shape index (κ2) is 12.4. The smallest absolute Gasteiger partial charge is 0.254 e. The average Bonchev–Trinajstić information content (AvgIpc) is 3.40. The number of nitrogens with one attached hydrogen (secondary N) is 1. The number of nitrogens with zero attached hydrogens (tertiary/aromatic N) is 2. The predicted molar refractivity (Wildman–Crippen MR) is 159 cm³/mol. The van der Waals surface area contributed by atoms with Crippen LogP contribution in [0.1, 0.15) is 41.3 Å². The Morgan fingerprint density at radius 3 is 2.33 bits per heavy atom. The van der Waals surface area contributed by atoms with Gasteiger partial charge in [-0.1, -0.05) is 92.2 Å². The lowest BCUT2D eigenvalue weighted by Crippen LogP contribution is -2.43. The van der Waals surface area contributed by atoms with Gasteiger partial charge in [0, 0.05) is 42.3 Å². The molecule has 198 valence electrons. The van der Waals surface area contributed by atoms with Crippen LogP contribution in [0, 0.1) is 0 Å². The molecule has 0 aliphatic carbocycles. The average molecular weight is 518 g/mol. The summed E-state index contributed by atoms with van der Waals surface area (Å²) in [5.74, 6) is -0.136. The number of para-hydroxylation sites is 1. The van der Waals surface area contributed by atoms with Crippen LogP contribution < -0.4 is 0 Å². The summed E-state index contributed by atoms with van der Waals surface area (Å²) in [7, 11) is 0. The Labute approximate surface area is 230 Å². The summed E-state index contributed by atoms with van der Waals surface area (Å²) in [6, 6.07) is 32.1. The van der Waals surface area contributed by atoms with Crippen LogP contribution in [0.5, 0.6) is 0 Å². The maximum absolute atomic E-state index is 13.8. The normalized spacial score (nSPS) is 11.1. The summed E-state index contributed by atoms with van der Waals surface area (Å²) < 4.78 is 0. The van der Waals surface area contributed by atoms with E-state index in [4.69, 9.17) is 0 Å². The highest BCUT2D eigenvalue weighted by molar-refractivity contribution is 6.00. The van der Waals surface area contributed by atoms with Crippen LogP contribution in [0.25, 0.3) is 21.7 Å². The van der Waals surface area contributed by atoms with Crippen molar-refractivity contribution in [2.24, 2.45) is 0 Å². The van der Waals surface area contributed by atoms with Gasteiger partial charge in [0.05, 0.1) is 0 Å². The van der Waals surface area contributed by atoms with Gasteiger partial charge in [-0.3, -0.25) is 9.59 Å². The van der Waals surface area contributed by atoms with E-state index in [1.54, 1.807) is 4.90 Å². The third kappa shape index (κ3) is 6.37. The van der Waals surface area contributed by atoms with Crippen molar-refractivity contribution in [2.45, 2.75) is 32.7 Å². The molecule has 0 bridgehead atoms. The summed E-state index contributed by atoms with van der Waals surface area (Å²) in [6.45, 7) is 3.79. The minimum absolute atomic E-state index is 0.0380. The molecule has 5 rings (SSSR count). The monoisotopic (exact) mass is 517 g/mol. The van der Waals surface area contributed by atoms with Crippen LogP contribution >= 0.6 is 0 Å². The van der Waals surface area contributed by atoms with E-state index in [1.165, 1.54) is 10.9 Å². The minimum Gasteiger partial charge on any atom is -0.361 e. The molecule has 1 aromatic heterocycles. The van der Waals surface area contributed by atoms with Crippen LogP contribution in [-0.2, 0) is 17.8 Å². The van der Waals surface area contributed by atoms with Crippen molar-refractivity contribution in [3.8, 4) is 0 Å². The highest BCUT2D eigenvalue weighted by Gasteiger charge is 2.23. The van der Waals surface area contributed by atoms with Crippen molar-refractivity contribution in [3.05, 3.63) is 120 Å². The molecule has 5 aromatic rings. The fourth-order valence-corrected chi connectivity index (χ4v) is 5.06. The molecular weight excluding hydrogens is 482 g/mol. The molecule has 0 saturated heterocycles. The number of amides is 2. The van der Waals surface area contributed by atoms with E-state index in [0.29, 0.717) is 25.2 Å². The Morgan fingerprint density at radius 1 is 0.769 bits per heavy atom. The number of H-pyrrole nitrogens is 1. The largest absolute Gasteiger partial charge is 0.361 e. The van der Waals surface area contributed by atoms with Crippen molar-refractivity contribution in [1.82, 2.24) is 14.8 Å². The number of benzene rings is 4. The first kappa shape index (κ1) is 26.2. The zero-order valence-electron chi connectivity index (χ0n) is 22.5. The van der Waals surface area contributed by atoms with Gasteiger partial charge in [-0.25, -0.2) is 0 Å². The predicted octanol–water partition coefficient (Wildman–Crippen LogP) is 6.83. The molecular formula is C34H35N3O2. The Morgan fingerprint density at radius 2 is 1.51 bits per heavy atom. The summed E-state index contributed by atoms with van der Waals surface area (Å²) in [5, 5.41) is 3.30. The van der Waals surface area contributed by atoms with Gasteiger partial charge >= 0.3 is 0 Å². The van der Waals surface area contributed by atoms with E-state index in [0.717, 1.165) is 41.1 Å². The molecule has 0 fully saturated rings. The van der Waals surface area contributed by atoms with E-state index in [-0.39, 0.29) is 18.4 Å². The number of carbonyl (C=O) groups excluding carboxylic acids is 2. The number of hydrogen-bond acceptors (Lipinski definition) is 2. The number of carbonyl (C=O) groups is 2. The lowest BCUT2D eigenvalue weighted by molar-refractivity contribution is -0.132. The van der Waals surface area contributed by atoms with Gasteiger partial charge in [0.25, 0.3) is 5.91 Å². The quantitative estimate of drug-likeness (QED) is 0.209. The number of fused-ring (bicyclic) bond motifs is 2. The Bertz CT molecular complexity index is 1560. The fraction of sp³-hybridized carbons (Fsp3) is 0.235. The number of hydrogen-bond donors (Lipinski definition) is 1. The molecule has 0 aliphatic rings. The molecule has 1 heterocycles. The topological polar surface area (TPSA) is 56.4 Å². The van der Waals surface area contributed by atoms with Crippen LogP contribution in [0.15, 0.2) is 103 Å². The minimum atomic E-state index is -0.0983. The molecule has 0 unspecified atom stereocenters. The highest BCUT2D eigenvalue weighted by atomic mass is 16.2. The molecule has 0 spiro atoms. The van der Waals surface area contributed by atoms with Gasteiger partial charge in [0.15, 0.2) is 0 Å². The maximum Gasteiger partial charge on any atom is 0.254 e. The summed E-state index contributed by atoms with van der Waals surface area (Å²) >= 11 is 0. The number of unbranched alkanes of at least 4 members (excludes halogenated alkanes) is 1. The van der Waals surface area contributed by atoms with E-state index in [2.05, 4.69) is 24.0 Å². The van der Waals surface area contributed by atoms with Crippen molar-refractivity contribution in [3.63, 3.8) is 0 Å². The Kier molecular flexibility index (Phi) is 8.37. The van der Waals surface area contributed by atoms with Crippen LogP contribution in [0.4, 0.5) is 0 Å². The third-order valence-electron chi connectivity index (χ3n) is 7.29. The second-order valence-corrected chi connectivity index (χ2v) is 10.1. The number of rotatable bonds is 11. The maximum atomic E-state index is 13.8. The third-order valence-corrected chi connectivity index (χ3v) is 7.29. The zero-order chi connectivity index (χ0) is 27.0. The first-order chi connectivity index (χ1) is 19.1. The Hall–Kier alpha value is -4.38. The fourth-order valence-electron chi connectivity index (χ4n) is 5.06. The van der Waals surface area contributed by atoms with E-state index in [9.17, 15) is 9.59 Å². The van der Waals surface area contributed by atoms with Crippen molar-refractivity contribution >= 4 is 33.5 Å². The molecule has 1 N–H and O–H groups in total. The van der Waals surface area contributed by atoms with Crippen molar-refractivity contribution in [1.29, 1.82) is 0 Å². The highest BCUT2D eigenvalue weighted by Crippen LogP contribution is 2.20. The summed E-state index contributed by atoms with van der Waals surface area (Å²) in [4.78, 5) is 34.4. The van der Waals surface area contributed by atoms with Crippen molar-refractivity contribution in [2.75, 3.05) is 19.6 Å². The first-order valence-corrected chi connectivity index (χ1v) is 13.8. The molecule has 2 amide bonds. The van der Waals surface area contributed by atoms with Crippen LogP contribution in [-0.4, -0.2) is 46.2 Å². The van der Waals surface area contributed by atoms with Gasteiger partial charge in [0.1, 0.15) is 6.54 Å². The molecule has 5 heteroatoms. The molecule has 0 atom stereocenters.